The van der Waals surface area contributed by atoms with E-state index in [2.05, 4.69) is 14.3 Å². The minimum atomic E-state index is -4.10. The van der Waals surface area contributed by atoms with E-state index < -0.39 is 53.6 Å². The number of aromatic hydroxyl groups is 1. The van der Waals surface area contributed by atoms with Crippen molar-refractivity contribution in [3.8, 4) is 34.5 Å². The maximum Gasteiger partial charge on any atom is 0.530 e. The lowest BCUT2D eigenvalue weighted by Gasteiger charge is -2.25. The molecule has 4 atom stereocenters. The van der Waals surface area contributed by atoms with E-state index in [1.165, 1.54) is 87.0 Å². The number of ether oxygens (including phenoxy) is 2. The van der Waals surface area contributed by atoms with Gasteiger partial charge in [-0.1, -0.05) is 82.3 Å². The molecule has 0 radical (unpaired) electrons. The second-order valence-electron chi connectivity index (χ2n) is 16.6. The second kappa shape index (κ2) is 36.4. The number of non-ortho nitro benzene ring substituents is 3. The predicted molar refractivity (Wildman–Crippen MR) is 309 cm³/mol. The Labute approximate surface area is 486 Å². The van der Waals surface area contributed by atoms with E-state index in [9.17, 15) is 53.6 Å². The molecule has 0 heterocycles. The lowest BCUT2D eigenvalue weighted by atomic mass is 10.1. The van der Waals surface area contributed by atoms with Gasteiger partial charge in [-0.3, -0.25) is 39.9 Å². The minimum absolute atomic E-state index is 0. The number of halogens is 4. The summed E-state index contributed by atoms with van der Waals surface area (Å²) >= 11 is 16.0. The molecule has 0 aliphatic heterocycles. The van der Waals surface area contributed by atoms with E-state index in [1.807, 2.05) is 33.8 Å². The van der Waals surface area contributed by atoms with Gasteiger partial charge in [0.05, 0.1) is 29.0 Å². The summed E-state index contributed by atoms with van der Waals surface area (Å²) in [5.41, 5.74) is 5.11. The number of nitrogens with two attached hydrogens (primary N) is 1. The van der Waals surface area contributed by atoms with E-state index in [0.717, 1.165) is 0 Å². The highest BCUT2D eigenvalue weighted by Crippen LogP contribution is 2.57. The van der Waals surface area contributed by atoms with E-state index in [4.69, 9.17) is 67.4 Å². The summed E-state index contributed by atoms with van der Waals surface area (Å²) in [7, 11) is -1.52. The van der Waals surface area contributed by atoms with Gasteiger partial charge >= 0.3 is 32.7 Å². The molecular weight excluding hydrogens is 1210 g/mol. The number of rotatable bonds is 21. The lowest BCUT2D eigenvalue weighted by molar-refractivity contribution is -0.385. The number of phenolic OH excluding ortho intramolecular Hbond substituents is 1. The SMILES string of the molecule is COC(=O)[C@@H](N)CC(C)C.COC(=O)[C@H](CC(C)C)NP(=O)(Oc1ccccc1)Oc1ccc([N+](=O)[O-])cc1.Cl.O=[N+]([O-])c1ccc(OP(=O)(Cl)Cl)cc1.O=[N+]([O-])c1ccc(OP(=O)(Cl)Oc2ccccc2)cc1.Oc1ccccc1. The summed E-state index contributed by atoms with van der Waals surface area (Å²) in [5, 5.41) is 42.9. The summed E-state index contributed by atoms with van der Waals surface area (Å²) in [5.74, 6) is 0.791. The molecule has 0 fully saturated rings. The summed E-state index contributed by atoms with van der Waals surface area (Å²) in [4.78, 5) is 52.8. The molecule has 4 N–H and O–H groups in total. The zero-order valence-electron chi connectivity index (χ0n) is 43.9. The van der Waals surface area contributed by atoms with Crippen LogP contribution in [0.25, 0.3) is 0 Å². The number of methoxy groups -OCH3 is 2. The lowest BCUT2D eigenvalue weighted by Crippen LogP contribution is -2.38. The van der Waals surface area contributed by atoms with E-state index in [-0.39, 0.29) is 64.4 Å². The summed E-state index contributed by atoms with van der Waals surface area (Å²) < 4.78 is 71.2. The first-order valence-electron chi connectivity index (χ1n) is 23.2. The standard InChI is InChI=1S/C19H23N2O7P.C12H9ClNO5P.C7H15NO2.C6H4Cl2NO4P.C6H6O.ClH/c1-14(2)13-18(19(22)26-3)20-29(25,27-16-7-5-4-6-8-16)28-17-11-9-15(10-12-17)21(23)24;13-20(17,18-11-4-2-1-3-5-11)19-12-8-6-10(7-9-12)14(15)16;1-5(2)4-6(8)7(9)10-3;7-14(8,12)13-6-3-1-5(2-4-6)9(10)11;7-6-4-2-1-3-5-6;/h4-12,14,18H,13H2,1-3H3,(H,20,25);1-9H;5-6H,4,8H2,1-3H3;1-4H;1-5,7H;1H/t18-,29?;;6-;;;/m0.0.../s1. The number of hydrogen-bond donors (Lipinski definition) is 3. The van der Waals surface area contributed by atoms with Crippen LogP contribution in [0.3, 0.4) is 0 Å². The molecular formula is C50H58Cl4N5O19P3. The maximum absolute atomic E-state index is 13.5. The quantitative estimate of drug-likeness (QED) is 0.0261. The predicted octanol–water partition coefficient (Wildman–Crippen LogP) is 14.6. The molecule has 440 valence electrons. The second-order valence-corrected chi connectivity index (χ2v) is 24.9. The summed E-state index contributed by atoms with van der Waals surface area (Å²) in [6.45, 7) is 3.96. The highest BCUT2D eigenvalue weighted by Gasteiger charge is 2.36. The van der Waals surface area contributed by atoms with Crippen molar-refractivity contribution < 1.29 is 75.3 Å². The highest BCUT2D eigenvalue weighted by atomic mass is 35.9. The number of benzene rings is 6. The van der Waals surface area contributed by atoms with Crippen LogP contribution in [-0.2, 0) is 32.8 Å². The fourth-order valence-corrected chi connectivity index (χ4v) is 9.42. The Bertz CT molecular complexity index is 3010. The van der Waals surface area contributed by atoms with Gasteiger partial charge in [0, 0.05) is 70.1 Å². The van der Waals surface area contributed by atoms with Gasteiger partial charge in [0.25, 0.3) is 17.1 Å². The fourth-order valence-electron chi connectivity index (χ4n) is 5.78. The number of esters is 2. The number of nitrogens with one attached hydrogen (secondary N) is 1. The highest BCUT2D eigenvalue weighted by molar-refractivity contribution is 8.05. The van der Waals surface area contributed by atoms with Gasteiger partial charge in [0.1, 0.15) is 46.6 Å². The van der Waals surface area contributed by atoms with Crippen molar-refractivity contribution in [1.29, 1.82) is 0 Å². The van der Waals surface area contributed by atoms with Gasteiger partial charge in [0.2, 0.25) is 0 Å². The van der Waals surface area contributed by atoms with Crippen LogP contribution in [-0.4, -0.2) is 58.1 Å². The van der Waals surface area contributed by atoms with Crippen molar-refractivity contribution >= 4 is 95.9 Å². The van der Waals surface area contributed by atoms with Crippen LogP contribution in [0.5, 0.6) is 34.5 Å². The fraction of sp³-hybridized carbons (Fsp3) is 0.240. The van der Waals surface area contributed by atoms with Crippen LogP contribution in [0.15, 0.2) is 164 Å². The average molecular weight is 1270 g/mol. The molecule has 0 saturated heterocycles. The van der Waals surface area contributed by atoms with Crippen LogP contribution < -0.4 is 33.4 Å². The number of carbonyl (C=O) groups excluding carboxylic acids is 2. The number of para-hydroxylation sites is 3. The summed E-state index contributed by atoms with van der Waals surface area (Å²) in [6, 6.07) is 38.9. The first kappa shape index (κ1) is 72.0. The normalized spacial score (nSPS) is 12.5. The molecule has 0 aliphatic carbocycles. The van der Waals surface area contributed by atoms with Crippen molar-refractivity contribution in [3.63, 3.8) is 0 Å². The third-order valence-electron chi connectivity index (χ3n) is 9.21. The monoisotopic (exact) mass is 1270 g/mol. The molecule has 81 heavy (non-hydrogen) atoms. The van der Waals surface area contributed by atoms with Crippen molar-refractivity contribution in [2.45, 2.75) is 52.6 Å². The van der Waals surface area contributed by atoms with Crippen LogP contribution in [0.4, 0.5) is 17.1 Å². The largest absolute Gasteiger partial charge is 0.530 e. The topological polar surface area (TPSA) is 338 Å². The van der Waals surface area contributed by atoms with E-state index in [1.54, 1.807) is 84.9 Å². The van der Waals surface area contributed by atoms with E-state index >= 15 is 0 Å². The smallest absolute Gasteiger partial charge is 0.508 e. The first-order chi connectivity index (χ1) is 37.5. The van der Waals surface area contributed by atoms with Gasteiger partial charge < -0.3 is 42.9 Å². The summed E-state index contributed by atoms with van der Waals surface area (Å²) in [6.07, 6.45) is -2.63. The van der Waals surface area contributed by atoms with Crippen LogP contribution in [0.2, 0.25) is 0 Å². The molecule has 0 aliphatic rings. The van der Waals surface area contributed by atoms with Gasteiger partial charge in [-0.05, 0) is 97.5 Å². The molecule has 2 unspecified atom stereocenters. The Morgan fingerprint density at radius 2 is 0.827 bits per heavy atom. The molecule has 0 bridgehead atoms. The molecule has 0 aromatic heterocycles. The zero-order chi connectivity index (χ0) is 60.1. The zero-order valence-corrected chi connectivity index (χ0v) is 49.7. The molecule has 24 nitrogen and oxygen atoms in total. The molecule has 0 spiro atoms. The number of nitrogens with zero attached hydrogens (tertiary/aromatic N) is 3. The molecule has 6 rings (SSSR count). The minimum Gasteiger partial charge on any atom is -0.508 e. The number of nitro groups is 3. The van der Waals surface area contributed by atoms with E-state index in [0.29, 0.717) is 30.3 Å². The third-order valence-corrected chi connectivity index (χ3v) is 12.9. The van der Waals surface area contributed by atoms with Crippen LogP contribution >= 0.6 is 66.9 Å². The van der Waals surface area contributed by atoms with Crippen molar-refractivity contribution in [3.05, 3.63) is 194 Å². The van der Waals surface area contributed by atoms with Crippen molar-refractivity contribution in [2.24, 2.45) is 17.6 Å². The molecule has 31 heteroatoms. The number of nitro benzene ring substituents is 3. The van der Waals surface area contributed by atoms with Gasteiger partial charge in [-0.15, -0.1) is 12.4 Å². The Balaban J connectivity index is 0.000000547. The number of carbonyl (C=O) groups is 2. The van der Waals surface area contributed by atoms with Gasteiger partial charge in [-0.25, -0.2) is 13.7 Å². The van der Waals surface area contributed by atoms with Crippen molar-refractivity contribution in [1.82, 2.24) is 5.09 Å². The Hall–Kier alpha value is -6.97. The van der Waals surface area contributed by atoms with Crippen LogP contribution in [0.1, 0.15) is 40.5 Å². The number of phenols is 1. The van der Waals surface area contributed by atoms with Gasteiger partial charge in [0.15, 0.2) is 0 Å². The third kappa shape index (κ3) is 31.0. The first-order valence-corrected chi connectivity index (χ1v) is 30.6. The van der Waals surface area contributed by atoms with Crippen molar-refractivity contribution in [2.75, 3.05) is 14.2 Å². The Morgan fingerprint density at radius 1 is 0.519 bits per heavy atom. The molecule has 6 aromatic rings. The average Bonchev–Trinajstić information content (AvgIpc) is 3.39. The Kier molecular flexibility index (Phi) is 32.4. The molecule has 6 aromatic carbocycles. The van der Waals surface area contributed by atoms with Gasteiger partial charge in [-0.2, -0.15) is 5.09 Å². The molecule has 0 amide bonds. The van der Waals surface area contributed by atoms with Crippen LogP contribution in [0, 0.1) is 42.2 Å². The molecule has 0 saturated carbocycles. The number of hydrogen-bond acceptors (Lipinski definition) is 20. The maximum atomic E-state index is 13.5. The Morgan fingerprint density at radius 3 is 1.12 bits per heavy atom.